The lowest BCUT2D eigenvalue weighted by atomic mass is 9.86. The smallest absolute Gasteiger partial charge is 0.407 e. The standard InChI is InChI=1S/C23H30N6O4S2/c1-13(2)33-23(30)28-16-6-4-15(5-7-16)22-26-14(3)21(34-22)18-9-8-17(12-19(18)35(24,31)32)27-20-10-11-25-29-20/h8-13,15-16H,4-7H2,1-3H3,(H,28,30)(H2,24,31,32)(H2,25,27,29)/t15-,16-. The summed E-state index contributed by atoms with van der Waals surface area (Å²) in [6.07, 6.45) is 4.50. The van der Waals surface area contributed by atoms with E-state index in [4.69, 9.17) is 14.9 Å². The maximum absolute atomic E-state index is 12.5. The number of hydrogen-bond acceptors (Lipinski definition) is 8. The van der Waals surface area contributed by atoms with Gasteiger partial charge in [0.15, 0.2) is 0 Å². The number of hydrogen-bond donors (Lipinski definition) is 4. The van der Waals surface area contributed by atoms with Crippen LogP contribution < -0.4 is 15.8 Å². The molecule has 0 saturated heterocycles. The molecule has 1 aromatic carbocycles. The fourth-order valence-electron chi connectivity index (χ4n) is 4.25. The van der Waals surface area contributed by atoms with Crippen LogP contribution in [0.25, 0.3) is 10.4 Å². The van der Waals surface area contributed by atoms with Crippen molar-refractivity contribution < 1.29 is 17.9 Å². The number of nitrogens with zero attached hydrogens (tertiary/aromatic N) is 2. The molecule has 0 bridgehead atoms. The van der Waals surface area contributed by atoms with E-state index in [9.17, 15) is 13.2 Å². The Morgan fingerprint density at radius 1 is 1.23 bits per heavy atom. The van der Waals surface area contributed by atoms with Crippen LogP contribution in [0.4, 0.5) is 16.3 Å². The van der Waals surface area contributed by atoms with Gasteiger partial charge in [0, 0.05) is 29.3 Å². The van der Waals surface area contributed by atoms with Gasteiger partial charge in [0.25, 0.3) is 0 Å². The Hall–Kier alpha value is -2.96. The van der Waals surface area contributed by atoms with Crippen molar-refractivity contribution in [3.8, 4) is 10.4 Å². The molecule has 5 N–H and O–H groups in total. The Kier molecular flexibility index (Phi) is 7.43. The molecule has 35 heavy (non-hydrogen) atoms. The number of nitrogens with two attached hydrogens (primary N) is 1. The summed E-state index contributed by atoms with van der Waals surface area (Å²) in [5.41, 5.74) is 1.88. The van der Waals surface area contributed by atoms with Crippen LogP contribution in [0.1, 0.15) is 56.2 Å². The zero-order chi connectivity index (χ0) is 25.2. The zero-order valence-corrected chi connectivity index (χ0v) is 21.5. The molecule has 0 aliphatic heterocycles. The lowest BCUT2D eigenvalue weighted by molar-refractivity contribution is 0.109. The maximum Gasteiger partial charge on any atom is 0.407 e. The van der Waals surface area contributed by atoms with E-state index in [1.165, 1.54) is 17.4 Å². The number of carbonyl (C=O) groups is 1. The molecule has 1 aliphatic carbocycles. The first-order valence-electron chi connectivity index (χ1n) is 11.5. The molecule has 1 fully saturated rings. The maximum atomic E-state index is 12.5. The minimum Gasteiger partial charge on any atom is -0.447 e. The Bertz CT molecular complexity index is 1280. The molecular weight excluding hydrogens is 488 g/mol. The lowest BCUT2D eigenvalue weighted by Gasteiger charge is -2.28. The van der Waals surface area contributed by atoms with E-state index in [1.807, 2.05) is 20.8 Å². The Labute approximate surface area is 208 Å². The first-order chi connectivity index (χ1) is 16.6. The van der Waals surface area contributed by atoms with Gasteiger partial charge in [-0.3, -0.25) is 5.10 Å². The summed E-state index contributed by atoms with van der Waals surface area (Å²) in [6, 6.07) is 6.90. The average molecular weight is 519 g/mol. The molecule has 4 rings (SSSR count). The van der Waals surface area contributed by atoms with Gasteiger partial charge in [0.05, 0.1) is 32.8 Å². The molecule has 12 heteroatoms. The molecule has 1 amide bonds. The van der Waals surface area contributed by atoms with Crippen molar-refractivity contribution in [1.29, 1.82) is 0 Å². The number of ether oxygens (including phenoxy) is 1. The number of carbonyl (C=O) groups excluding carboxylic acids is 1. The largest absolute Gasteiger partial charge is 0.447 e. The van der Waals surface area contributed by atoms with Crippen LogP contribution in [0.15, 0.2) is 35.4 Å². The number of aromatic nitrogens is 3. The van der Waals surface area contributed by atoms with Gasteiger partial charge in [0.1, 0.15) is 5.82 Å². The predicted molar refractivity (Wildman–Crippen MR) is 135 cm³/mol. The molecule has 0 radical (unpaired) electrons. The Morgan fingerprint density at radius 2 is 1.97 bits per heavy atom. The summed E-state index contributed by atoms with van der Waals surface area (Å²) in [7, 11) is -3.98. The minimum absolute atomic E-state index is 0.0388. The molecule has 188 valence electrons. The number of amides is 1. The first-order valence-corrected chi connectivity index (χ1v) is 13.8. The molecule has 0 unspecified atom stereocenters. The molecule has 10 nitrogen and oxygen atoms in total. The van der Waals surface area contributed by atoms with E-state index < -0.39 is 10.0 Å². The van der Waals surface area contributed by atoms with Crippen LogP contribution in [0.5, 0.6) is 0 Å². The van der Waals surface area contributed by atoms with Gasteiger partial charge in [0.2, 0.25) is 10.0 Å². The van der Waals surface area contributed by atoms with Crippen LogP contribution in [0.3, 0.4) is 0 Å². The van der Waals surface area contributed by atoms with E-state index in [0.717, 1.165) is 41.3 Å². The van der Waals surface area contributed by atoms with Crippen LogP contribution in [0, 0.1) is 6.92 Å². The SMILES string of the molecule is Cc1nc([C@H]2CC[C@H](NC(=O)OC(C)C)CC2)sc1-c1ccc(Nc2ccn[nH]2)cc1S(N)(=O)=O. The van der Waals surface area contributed by atoms with Gasteiger partial charge in [-0.05, 0) is 58.6 Å². The first kappa shape index (κ1) is 25.1. The second-order valence-electron chi connectivity index (χ2n) is 8.96. The fourth-order valence-corrected chi connectivity index (χ4v) is 6.35. The normalized spacial score (nSPS) is 18.4. The lowest BCUT2D eigenvalue weighted by Crippen LogP contribution is -2.38. The van der Waals surface area contributed by atoms with Gasteiger partial charge in [-0.25, -0.2) is 23.3 Å². The third-order valence-electron chi connectivity index (χ3n) is 5.87. The van der Waals surface area contributed by atoms with E-state index in [1.54, 1.807) is 24.4 Å². The number of alkyl carbamates (subject to hydrolysis) is 1. The van der Waals surface area contributed by atoms with Crippen molar-refractivity contribution in [2.24, 2.45) is 5.14 Å². The number of thiazole rings is 1. The van der Waals surface area contributed by atoms with Crippen LogP contribution in [-0.4, -0.2) is 41.8 Å². The quantitative estimate of drug-likeness (QED) is 0.362. The highest BCUT2D eigenvalue weighted by Gasteiger charge is 2.28. The Morgan fingerprint density at radius 3 is 2.60 bits per heavy atom. The van der Waals surface area contributed by atoms with Crippen molar-refractivity contribution in [3.05, 3.63) is 41.2 Å². The third-order valence-corrected chi connectivity index (χ3v) is 8.17. The van der Waals surface area contributed by atoms with E-state index in [2.05, 4.69) is 20.8 Å². The fraction of sp³-hybridized carbons (Fsp3) is 0.435. The van der Waals surface area contributed by atoms with Crippen molar-refractivity contribution in [3.63, 3.8) is 0 Å². The van der Waals surface area contributed by atoms with E-state index >= 15 is 0 Å². The minimum atomic E-state index is -3.98. The van der Waals surface area contributed by atoms with Gasteiger partial charge >= 0.3 is 6.09 Å². The monoisotopic (exact) mass is 518 g/mol. The number of nitrogens with one attached hydrogen (secondary N) is 3. The molecule has 0 atom stereocenters. The number of aromatic amines is 1. The number of aryl methyl sites for hydroxylation is 1. The molecule has 0 spiro atoms. The van der Waals surface area contributed by atoms with E-state index in [-0.39, 0.29) is 29.1 Å². The second kappa shape index (κ2) is 10.3. The average Bonchev–Trinajstić information content (AvgIpc) is 3.43. The second-order valence-corrected chi connectivity index (χ2v) is 11.5. The summed E-state index contributed by atoms with van der Waals surface area (Å²) < 4.78 is 30.1. The van der Waals surface area contributed by atoms with Gasteiger partial charge in [-0.1, -0.05) is 6.07 Å². The van der Waals surface area contributed by atoms with E-state index in [0.29, 0.717) is 17.1 Å². The molecule has 1 aliphatic rings. The highest BCUT2D eigenvalue weighted by atomic mass is 32.2. The molecule has 1 saturated carbocycles. The van der Waals surface area contributed by atoms with Crippen LogP contribution in [-0.2, 0) is 14.8 Å². The number of anilines is 2. The molecule has 2 heterocycles. The summed E-state index contributed by atoms with van der Waals surface area (Å²) in [4.78, 5) is 17.5. The molecule has 3 aromatic rings. The third kappa shape index (κ3) is 6.19. The Balaban J connectivity index is 1.52. The highest BCUT2D eigenvalue weighted by Crippen LogP contribution is 2.41. The van der Waals surface area contributed by atoms with Crippen molar-refractivity contribution in [2.45, 2.75) is 69.4 Å². The summed E-state index contributed by atoms with van der Waals surface area (Å²) >= 11 is 1.50. The number of sulfonamides is 1. The van der Waals surface area contributed by atoms with Gasteiger partial charge in [-0.15, -0.1) is 11.3 Å². The zero-order valence-electron chi connectivity index (χ0n) is 19.9. The van der Waals surface area contributed by atoms with Crippen LogP contribution in [0.2, 0.25) is 0 Å². The number of benzene rings is 1. The number of primary sulfonamides is 1. The van der Waals surface area contributed by atoms with Gasteiger partial charge in [-0.2, -0.15) is 5.10 Å². The molecular formula is C23H30N6O4S2. The van der Waals surface area contributed by atoms with Gasteiger partial charge < -0.3 is 15.4 Å². The van der Waals surface area contributed by atoms with Crippen molar-refractivity contribution in [1.82, 2.24) is 20.5 Å². The van der Waals surface area contributed by atoms with Crippen molar-refractivity contribution >= 4 is 39.0 Å². The number of H-pyrrole nitrogens is 1. The van der Waals surface area contributed by atoms with Crippen LogP contribution >= 0.6 is 11.3 Å². The van der Waals surface area contributed by atoms with Crippen molar-refractivity contribution in [2.75, 3.05) is 5.32 Å². The summed E-state index contributed by atoms with van der Waals surface area (Å²) in [5.74, 6) is 0.891. The molecule has 2 aromatic heterocycles. The number of rotatable bonds is 7. The summed E-state index contributed by atoms with van der Waals surface area (Å²) in [5, 5.41) is 19.2. The predicted octanol–water partition coefficient (Wildman–Crippen LogP) is 4.39. The topological polar surface area (TPSA) is 152 Å². The highest BCUT2D eigenvalue weighted by molar-refractivity contribution is 7.89. The summed E-state index contributed by atoms with van der Waals surface area (Å²) in [6.45, 7) is 5.53.